The molecule has 0 radical (unpaired) electrons. The molecule has 0 bridgehead atoms. The van der Waals surface area contributed by atoms with Crippen molar-refractivity contribution >= 4 is 11.8 Å². The zero-order valence-corrected chi connectivity index (χ0v) is 9.38. The van der Waals surface area contributed by atoms with Crippen molar-refractivity contribution < 1.29 is 9.59 Å². The van der Waals surface area contributed by atoms with Crippen LogP contribution in [-0.4, -0.2) is 49.4 Å². The molecule has 5 nitrogen and oxygen atoms in total. The number of nitrogens with zero attached hydrogens (tertiary/aromatic N) is 1. The van der Waals surface area contributed by atoms with E-state index in [4.69, 9.17) is 0 Å². The van der Waals surface area contributed by atoms with E-state index in [9.17, 15) is 9.59 Å². The maximum absolute atomic E-state index is 11.6. The van der Waals surface area contributed by atoms with E-state index >= 15 is 0 Å². The quantitative estimate of drug-likeness (QED) is 0.654. The minimum absolute atomic E-state index is 0.00477. The molecule has 2 amide bonds. The summed E-state index contributed by atoms with van der Waals surface area (Å²) in [6.45, 7) is 3.08. The molecule has 5 heteroatoms. The van der Waals surface area contributed by atoms with Gasteiger partial charge in [-0.15, -0.1) is 0 Å². The molecule has 0 aromatic rings. The van der Waals surface area contributed by atoms with Crippen molar-refractivity contribution in [3.05, 3.63) is 0 Å². The number of amides is 2. The molecule has 0 aliphatic carbocycles. The number of likely N-dealkylation sites (tertiary alicyclic amines) is 1. The Morgan fingerprint density at radius 3 is 2.80 bits per heavy atom. The highest BCUT2D eigenvalue weighted by atomic mass is 16.2. The average Bonchev–Trinajstić information content (AvgIpc) is 2.26. The molecule has 1 fully saturated rings. The van der Waals surface area contributed by atoms with Crippen LogP contribution in [0, 0.1) is 0 Å². The van der Waals surface area contributed by atoms with E-state index in [1.165, 1.54) is 6.92 Å². The Hall–Kier alpha value is -1.10. The molecular weight excluding hydrogens is 194 g/mol. The van der Waals surface area contributed by atoms with Crippen LogP contribution in [0.15, 0.2) is 0 Å². The first-order chi connectivity index (χ1) is 7.13. The summed E-state index contributed by atoms with van der Waals surface area (Å²) in [5.74, 6) is -0.157. The van der Waals surface area contributed by atoms with E-state index in [1.54, 1.807) is 4.90 Å². The van der Waals surface area contributed by atoms with Crippen LogP contribution in [0.2, 0.25) is 0 Å². The number of likely N-dealkylation sites (N-methyl/N-ethyl adjacent to an activating group) is 1. The third-order valence-corrected chi connectivity index (χ3v) is 2.67. The number of carbonyl (C=O) groups is 2. The molecule has 0 saturated carbocycles. The summed E-state index contributed by atoms with van der Waals surface area (Å²) in [4.78, 5) is 24.1. The van der Waals surface area contributed by atoms with Gasteiger partial charge in [0.25, 0.3) is 0 Å². The number of carbonyl (C=O) groups excluding carboxylic acids is 2. The number of piperidine rings is 1. The Morgan fingerprint density at radius 1 is 1.47 bits per heavy atom. The predicted octanol–water partition coefficient (Wildman–Crippen LogP) is -0.667. The summed E-state index contributed by atoms with van der Waals surface area (Å²) in [7, 11) is 1.91. The van der Waals surface area contributed by atoms with Gasteiger partial charge in [0.05, 0.1) is 6.54 Å². The van der Waals surface area contributed by atoms with E-state index < -0.39 is 0 Å². The third kappa shape index (κ3) is 3.87. The highest BCUT2D eigenvalue weighted by Gasteiger charge is 2.22. The molecule has 1 aliphatic heterocycles. The minimum Gasteiger partial charge on any atom is -0.347 e. The van der Waals surface area contributed by atoms with Gasteiger partial charge < -0.3 is 15.5 Å². The summed E-state index contributed by atoms with van der Waals surface area (Å²) in [5.41, 5.74) is 0. The number of rotatable bonds is 3. The molecule has 1 saturated heterocycles. The van der Waals surface area contributed by atoms with Crippen LogP contribution in [0.25, 0.3) is 0 Å². The Morgan fingerprint density at radius 2 is 2.20 bits per heavy atom. The van der Waals surface area contributed by atoms with Crippen LogP contribution in [0.5, 0.6) is 0 Å². The molecule has 0 aromatic carbocycles. The minimum atomic E-state index is -0.162. The maximum Gasteiger partial charge on any atom is 0.242 e. The van der Waals surface area contributed by atoms with Gasteiger partial charge in [-0.25, -0.2) is 0 Å². The van der Waals surface area contributed by atoms with Crippen molar-refractivity contribution in [2.24, 2.45) is 0 Å². The highest BCUT2D eigenvalue weighted by Crippen LogP contribution is 2.09. The molecule has 0 aromatic heterocycles. The van der Waals surface area contributed by atoms with Gasteiger partial charge in [0, 0.05) is 26.1 Å². The highest BCUT2D eigenvalue weighted by molar-refractivity contribution is 5.83. The van der Waals surface area contributed by atoms with E-state index in [-0.39, 0.29) is 18.4 Å². The molecule has 1 unspecified atom stereocenters. The van der Waals surface area contributed by atoms with Crippen molar-refractivity contribution in [2.75, 3.05) is 26.7 Å². The summed E-state index contributed by atoms with van der Waals surface area (Å²) >= 11 is 0. The first kappa shape index (κ1) is 12.0. The van der Waals surface area contributed by atoms with E-state index in [2.05, 4.69) is 10.6 Å². The second-order valence-electron chi connectivity index (χ2n) is 3.88. The largest absolute Gasteiger partial charge is 0.347 e. The smallest absolute Gasteiger partial charge is 0.242 e. The monoisotopic (exact) mass is 213 g/mol. The molecule has 1 heterocycles. The molecular formula is C10H19N3O2. The van der Waals surface area contributed by atoms with Gasteiger partial charge in [-0.3, -0.25) is 9.59 Å². The topological polar surface area (TPSA) is 61.4 Å². The van der Waals surface area contributed by atoms with Gasteiger partial charge in [0.2, 0.25) is 11.8 Å². The number of nitrogens with one attached hydrogen (secondary N) is 2. The lowest BCUT2D eigenvalue weighted by molar-refractivity contribution is -0.133. The standard InChI is InChI=1S/C10H19N3O2/c1-8(14)12-6-10(15)13-5-3-4-9(7-13)11-2/h9,11H,3-7H2,1-2H3,(H,12,14). The van der Waals surface area contributed by atoms with Gasteiger partial charge in [0.15, 0.2) is 0 Å². The van der Waals surface area contributed by atoms with E-state index in [1.807, 2.05) is 7.05 Å². The molecule has 2 N–H and O–H groups in total. The molecule has 1 atom stereocenters. The van der Waals surface area contributed by atoms with Crippen LogP contribution in [-0.2, 0) is 9.59 Å². The van der Waals surface area contributed by atoms with Crippen LogP contribution >= 0.6 is 0 Å². The van der Waals surface area contributed by atoms with Gasteiger partial charge in [-0.1, -0.05) is 0 Å². The lowest BCUT2D eigenvalue weighted by Gasteiger charge is -2.32. The zero-order chi connectivity index (χ0) is 11.3. The summed E-state index contributed by atoms with van der Waals surface area (Å²) in [6, 6.07) is 0.389. The van der Waals surface area contributed by atoms with Crippen LogP contribution in [0.3, 0.4) is 0 Å². The molecule has 86 valence electrons. The average molecular weight is 213 g/mol. The molecule has 1 aliphatic rings. The molecule has 0 spiro atoms. The van der Waals surface area contributed by atoms with Crippen molar-refractivity contribution in [3.63, 3.8) is 0 Å². The second-order valence-corrected chi connectivity index (χ2v) is 3.88. The van der Waals surface area contributed by atoms with Crippen molar-refractivity contribution in [1.82, 2.24) is 15.5 Å². The van der Waals surface area contributed by atoms with Crippen LogP contribution in [0.4, 0.5) is 0 Å². The SMILES string of the molecule is CNC1CCCN(C(=O)CNC(C)=O)C1. The first-order valence-corrected chi connectivity index (χ1v) is 5.33. The second kappa shape index (κ2) is 5.70. The van der Waals surface area contributed by atoms with Gasteiger partial charge in [0.1, 0.15) is 0 Å². The Labute approximate surface area is 90.2 Å². The summed E-state index contributed by atoms with van der Waals surface area (Å²) in [5, 5.41) is 5.70. The lowest BCUT2D eigenvalue weighted by atomic mass is 10.1. The predicted molar refractivity (Wildman–Crippen MR) is 57.3 cm³/mol. The lowest BCUT2D eigenvalue weighted by Crippen LogP contribution is -2.49. The van der Waals surface area contributed by atoms with Crippen molar-refractivity contribution in [1.29, 1.82) is 0 Å². The molecule has 1 rings (SSSR count). The normalized spacial score (nSPS) is 21.2. The van der Waals surface area contributed by atoms with Crippen LogP contribution < -0.4 is 10.6 Å². The fraction of sp³-hybridized carbons (Fsp3) is 0.800. The number of hydrogen-bond acceptors (Lipinski definition) is 3. The van der Waals surface area contributed by atoms with Gasteiger partial charge >= 0.3 is 0 Å². The van der Waals surface area contributed by atoms with Crippen molar-refractivity contribution in [3.8, 4) is 0 Å². The Balaban J connectivity index is 2.35. The Kier molecular flexibility index (Phi) is 4.55. The van der Waals surface area contributed by atoms with Gasteiger partial charge in [-0.05, 0) is 19.9 Å². The maximum atomic E-state index is 11.6. The van der Waals surface area contributed by atoms with Gasteiger partial charge in [-0.2, -0.15) is 0 Å². The number of hydrogen-bond donors (Lipinski definition) is 2. The first-order valence-electron chi connectivity index (χ1n) is 5.33. The third-order valence-electron chi connectivity index (χ3n) is 2.67. The summed E-state index contributed by atoms with van der Waals surface area (Å²) < 4.78 is 0. The van der Waals surface area contributed by atoms with Crippen molar-refractivity contribution in [2.45, 2.75) is 25.8 Å². The zero-order valence-electron chi connectivity index (χ0n) is 9.38. The summed E-state index contributed by atoms with van der Waals surface area (Å²) in [6.07, 6.45) is 2.14. The fourth-order valence-corrected chi connectivity index (χ4v) is 1.75. The molecule has 15 heavy (non-hydrogen) atoms. The van der Waals surface area contributed by atoms with Crippen LogP contribution in [0.1, 0.15) is 19.8 Å². The Bertz CT molecular complexity index is 243. The van der Waals surface area contributed by atoms with E-state index in [0.717, 1.165) is 25.9 Å². The fourth-order valence-electron chi connectivity index (χ4n) is 1.75. The van der Waals surface area contributed by atoms with E-state index in [0.29, 0.717) is 6.04 Å².